The minimum absolute atomic E-state index is 0. The molecule has 0 aliphatic heterocycles. The fourth-order valence-corrected chi connectivity index (χ4v) is 2.10. The van der Waals surface area contributed by atoms with Crippen molar-refractivity contribution in [3.05, 3.63) is 36.5 Å². The number of carbonyl (C=O) groups excluding carboxylic acids is 6. The molecule has 0 aliphatic rings. The quantitative estimate of drug-likeness (QED) is 0.0247. The van der Waals surface area contributed by atoms with Crippen molar-refractivity contribution in [3.63, 3.8) is 0 Å². The van der Waals surface area contributed by atoms with Crippen molar-refractivity contribution >= 4 is 35.8 Å². The molecule has 0 amide bonds. The molecule has 0 saturated carbocycles. The Morgan fingerprint density at radius 3 is 0.909 bits per heavy atom. The van der Waals surface area contributed by atoms with Gasteiger partial charge < -0.3 is 59.4 Å². The van der Waals surface area contributed by atoms with Crippen LogP contribution in [0.3, 0.4) is 0 Å². The molecule has 0 spiro atoms. The number of rotatable bonds is 12. The van der Waals surface area contributed by atoms with E-state index in [1.807, 2.05) is 0 Å². The molecule has 0 rings (SSSR count). The molecule has 0 bridgehead atoms. The third kappa shape index (κ3) is 26.3. The number of carbonyl (C=O) groups is 6. The van der Waals surface area contributed by atoms with Gasteiger partial charge in [-0.1, -0.05) is 19.7 Å². The fraction of sp³-hybridized carbons (Fsp3) is 0.625. The van der Waals surface area contributed by atoms with Gasteiger partial charge >= 0.3 is 107 Å². The summed E-state index contributed by atoms with van der Waals surface area (Å²) in [6, 6.07) is 0. The van der Waals surface area contributed by atoms with Gasteiger partial charge in [-0.2, -0.15) is 73.0 Å². The number of hydrogen-bond donors (Lipinski definition) is 6. The second-order valence-electron chi connectivity index (χ2n) is 11.1. The maximum Gasteiger partial charge on any atom is 1.00 e. The molecule has 0 aromatic rings. The van der Waals surface area contributed by atoms with Crippen LogP contribution in [0.2, 0.25) is 0 Å². The van der Waals surface area contributed by atoms with E-state index in [1.54, 1.807) is 0 Å². The van der Waals surface area contributed by atoms with Crippen molar-refractivity contribution in [2.24, 2.45) is 0 Å². The smallest absolute Gasteiger partial charge is 0.857 e. The predicted octanol–water partition coefficient (Wildman–Crippen LogP) is -1.49. The van der Waals surface area contributed by atoms with Gasteiger partial charge in [-0.05, 0) is 27.7 Å². The van der Waals surface area contributed by atoms with Gasteiger partial charge in [-0.25, -0.2) is 28.8 Å². The zero-order valence-corrected chi connectivity index (χ0v) is 37.1. The number of methoxy groups -OCH3 is 1. The molecule has 0 aliphatic carbocycles. The van der Waals surface area contributed by atoms with Crippen LogP contribution in [0.25, 0.3) is 0 Å². The zero-order valence-electron chi connectivity index (χ0n) is 35.1. The Hall–Kier alpha value is -4.09. The van der Waals surface area contributed by atoms with Crippen LogP contribution in [0.15, 0.2) is 36.5 Å². The van der Waals surface area contributed by atoms with E-state index in [4.69, 9.17) is 35.7 Å². The van der Waals surface area contributed by atoms with Crippen molar-refractivity contribution < 1.29 is 184 Å². The van der Waals surface area contributed by atoms with Gasteiger partial charge in [-0.15, -0.1) is 0 Å². The van der Waals surface area contributed by atoms with Crippen LogP contribution in [0.1, 0.15) is 27.7 Å². The van der Waals surface area contributed by atoms with Crippen molar-refractivity contribution in [2.75, 3.05) is 53.9 Å². The SMILES string of the molecule is C=C(C)C(=O)OC(=O)C(=C)C.C=C(C)C(=O)OCCOC(=O)C(O)(C(F)(F)F)C(F)(F)F.COC(=O)C(C)(O)C(F)(F)F.C[O-].O=C(OCCO)C(O)(C(F)(F)F)C(F)(F)F.OCCO.[Na+]. The first-order valence-corrected chi connectivity index (χ1v) is 15.9. The number of halogens is 15. The van der Waals surface area contributed by atoms with E-state index in [0.717, 1.165) is 14.2 Å². The van der Waals surface area contributed by atoms with Crippen LogP contribution >= 0.6 is 0 Å². The van der Waals surface area contributed by atoms with Gasteiger partial charge in [0.1, 0.15) is 19.8 Å². The molecule has 6 N–H and O–H groups in total. The average Bonchev–Trinajstić information content (AvgIpc) is 3.16. The molecule has 0 aromatic carbocycles. The largest absolute Gasteiger partial charge is 1.00 e. The average molecular weight is 1020 g/mol. The summed E-state index contributed by atoms with van der Waals surface area (Å²) in [5.41, 5.74) is -14.3. The third-order valence-corrected chi connectivity index (χ3v) is 5.57. The molecule has 1 atom stereocenters. The number of alkyl halides is 15. The number of hydrogen-bond acceptors (Lipinski definition) is 18. The second-order valence-corrected chi connectivity index (χ2v) is 11.1. The topological polar surface area (TPSA) is 293 Å². The number of aliphatic hydroxyl groups is 6. The summed E-state index contributed by atoms with van der Waals surface area (Å²) in [6.45, 7) is 10.1. The third-order valence-electron chi connectivity index (χ3n) is 5.57. The van der Waals surface area contributed by atoms with Crippen molar-refractivity contribution in [1.29, 1.82) is 0 Å². The van der Waals surface area contributed by atoms with Gasteiger partial charge in [0.05, 0.1) is 26.9 Å². The maximum absolute atomic E-state index is 12.2. The summed E-state index contributed by atoms with van der Waals surface area (Å²) in [6.07, 6.45) is -30.2. The summed E-state index contributed by atoms with van der Waals surface area (Å²) in [5, 5.41) is 57.1. The molecule has 0 aromatic heterocycles. The molecule has 66 heavy (non-hydrogen) atoms. The van der Waals surface area contributed by atoms with E-state index in [9.17, 15) is 94.6 Å². The van der Waals surface area contributed by atoms with E-state index in [2.05, 4.69) is 43.4 Å². The Morgan fingerprint density at radius 2 is 0.727 bits per heavy atom. The standard InChI is InChI=1S/C10H10F6O5.C8H10O3.C6H6F6O4.C5H7F3O3.C2H6O2.CH3O.Na/c1-5(2)6(17)20-3-4-21-7(18)8(19,9(11,12)13)10(14,15)16;1-5(2)7(9)11-8(10)6(3)4;7-5(8,9)4(15,6(10,11)12)3(14)16-2-1-13;1-4(10,3(9)11-2)5(6,7)8;3-1-2-4;1-2;/h19H,1,3-4H2,2H3;1,3H2,2,4H3;13,15H,1-2H2;10H,1-2H3;3-4H,1-2H2;1H3;/q;;;;;-1;+1. The Balaban J connectivity index is -0.000000138. The van der Waals surface area contributed by atoms with Crippen molar-refractivity contribution in [1.82, 2.24) is 0 Å². The maximum atomic E-state index is 12.2. The zero-order chi connectivity index (χ0) is 54.0. The van der Waals surface area contributed by atoms with Crippen LogP contribution in [-0.2, 0) is 52.5 Å². The van der Waals surface area contributed by atoms with E-state index >= 15 is 0 Å². The molecule has 384 valence electrons. The molecular weight excluding hydrogens is 980 g/mol. The van der Waals surface area contributed by atoms with E-state index < -0.39 is 110 Å². The summed E-state index contributed by atoms with van der Waals surface area (Å²) in [4.78, 5) is 63.8. The van der Waals surface area contributed by atoms with E-state index in [1.165, 1.54) is 20.8 Å². The van der Waals surface area contributed by atoms with E-state index in [0.29, 0.717) is 6.92 Å². The minimum Gasteiger partial charge on any atom is -0.857 e. The summed E-state index contributed by atoms with van der Waals surface area (Å²) in [5.74, 6) is -10.0. The van der Waals surface area contributed by atoms with Gasteiger partial charge in [0.15, 0.2) is 0 Å². The Bertz CT molecular complexity index is 1500. The van der Waals surface area contributed by atoms with Crippen LogP contribution in [0.5, 0.6) is 0 Å². The van der Waals surface area contributed by atoms with Gasteiger partial charge in [0.25, 0.3) is 5.60 Å². The van der Waals surface area contributed by atoms with Crippen LogP contribution in [-0.4, -0.2) is 168 Å². The van der Waals surface area contributed by atoms with E-state index in [-0.39, 0.29) is 59.5 Å². The molecule has 0 saturated heterocycles. The Morgan fingerprint density at radius 1 is 0.470 bits per heavy atom. The first kappa shape index (κ1) is 76.2. The first-order chi connectivity index (χ1) is 28.8. The van der Waals surface area contributed by atoms with Crippen molar-refractivity contribution in [3.8, 4) is 0 Å². The van der Waals surface area contributed by atoms with Gasteiger partial charge in [0, 0.05) is 16.7 Å². The van der Waals surface area contributed by atoms with Gasteiger partial charge in [-0.3, -0.25) is 0 Å². The van der Waals surface area contributed by atoms with Crippen molar-refractivity contribution in [2.45, 2.75) is 75.4 Å². The molecule has 34 heteroatoms. The Labute approximate surface area is 384 Å². The summed E-state index contributed by atoms with van der Waals surface area (Å²) >= 11 is 0. The summed E-state index contributed by atoms with van der Waals surface area (Å²) in [7, 11) is 1.52. The monoisotopic (exact) mass is 1020 g/mol. The molecule has 0 radical (unpaired) electrons. The predicted molar refractivity (Wildman–Crippen MR) is 178 cm³/mol. The molecule has 1 unspecified atom stereocenters. The summed E-state index contributed by atoms with van der Waals surface area (Å²) < 4.78 is 200. The normalized spacial score (nSPS) is 12.2. The van der Waals surface area contributed by atoms with Crippen LogP contribution in [0.4, 0.5) is 65.9 Å². The first-order valence-electron chi connectivity index (χ1n) is 15.9. The molecule has 18 nitrogen and oxygen atoms in total. The number of aliphatic hydroxyl groups excluding tert-OH is 3. The van der Waals surface area contributed by atoms with Gasteiger partial charge in [0.2, 0.25) is 0 Å². The Kier molecular flexibility index (Phi) is 37.6. The molecule has 0 heterocycles. The fourth-order valence-electron chi connectivity index (χ4n) is 2.10. The van der Waals surface area contributed by atoms with Crippen LogP contribution < -0.4 is 34.7 Å². The van der Waals surface area contributed by atoms with Crippen LogP contribution in [0, 0.1) is 0 Å². The second kappa shape index (κ2) is 32.6. The minimum atomic E-state index is -6.32. The molecular formula is C32H42F15NaO18. The number of ether oxygens (including phenoxy) is 5. The molecule has 0 fully saturated rings. The number of esters is 6.